The molecule has 0 aliphatic rings. The van der Waals surface area contributed by atoms with Gasteiger partial charge in [-0.25, -0.2) is 4.98 Å². The molecule has 0 saturated carbocycles. The van der Waals surface area contributed by atoms with E-state index in [4.69, 9.17) is 0 Å². The highest BCUT2D eigenvalue weighted by molar-refractivity contribution is 7.13. The third-order valence-corrected chi connectivity index (χ3v) is 4.16. The number of pyridine rings is 1. The lowest BCUT2D eigenvalue weighted by Crippen LogP contribution is -2.23. The Morgan fingerprint density at radius 3 is 2.95 bits per heavy atom. The average Bonchev–Trinajstić information content (AvgIpc) is 3.00. The monoisotopic (exact) mass is 313 g/mol. The van der Waals surface area contributed by atoms with Crippen molar-refractivity contribution in [3.63, 3.8) is 0 Å². The van der Waals surface area contributed by atoms with E-state index in [-0.39, 0.29) is 17.9 Å². The highest BCUT2D eigenvalue weighted by Gasteiger charge is 2.09. The summed E-state index contributed by atoms with van der Waals surface area (Å²) in [5.41, 5.74) is 1.72. The van der Waals surface area contributed by atoms with Crippen LogP contribution in [0.3, 0.4) is 0 Å². The predicted octanol–water partition coefficient (Wildman–Crippen LogP) is 2.80. The van der Waals surface area contributed by atoms with Crippen molar-refractivity contribution >= 4 is 33.3 Å². The number of aromatic nitrogens is 2. The van der Waals surface area contributed by atoms with Gasteiger partial charge < -0.3 is 9.88 Å². The molecule has 0 fully saturated rings. The third-order valence-electron chi connectivity index (χ3n) is 3.47. The van der Waals surface area contributed by atoms with Gasteiger partial charge in [0.25, 0.3) is 5.56 Å². The molecule has 0 radical (unpaired) electrons. The summed E-state index contributed by atoms with van der Waals surface area (Å²) in [6, 6.07) is 9.34. The van der Waals surface area contributed by atoms with Crippen molar-refractivity contribution in [2.75, 3.05) is 5.32 Å². The van der Waals surface area contributed by atoms with Crippen LogP contribution in [0.1, 0.15) is 12.0 Å². The minimum Gasteiger partial charge on any atom is -0.308 e. The number of nitrogens with zero attached hydrogens (tertiary/aromatic N) is 2. The molecule has 0 aliphatic heterocycles. The molecule has 0 atom stereocenters. The molecule has 0 saturated heterocycles. The summed E-state index contributed by atoms with van der Waals surface area (Å²) in [5, 5.41) is 6.13. The van der Waals surface area contributed by atoms with E-state index in [2.05, 4.69) is 10.3 Å². The summed E-state index contributed by atoms with van der Waals surface area (Å²) in [6.07, 6.45) is 1.87. The van der Waals surface area contributed by atoms with Gasteiger partial charge in [0.15, 0.2) is 5.13 Å². The van der Waals surface area contributed by atoms with Crippen LogP contribution in [0.2, 0.25) is 0 Å². The fraction of sp³-hybridized carbons (Fsp3) is 0.188. The summed E-state index contributed by atoms with van der Waals surface area (Å²) < 4.78 is 1.64. The van der Waals surface area contributed by atoms with E-state index in [0.717, 1.165) is 16.5 Å². The lowest BCUT2D eigenvalue weighted by Gasteiger charge is -2.11. The Labute approximate surface area is 131 Å². The molecule has 5 nitrogen and oxygen atoms in total. The van der Waals surface area contributed by atoms with Gasteiger partial charge in [-0.05, 0) is 18.6 Å². The molecule has 22 heavy (non-hydrogen) atoms. The summed E-state index contributed by atoms with van der Waals surface area (Å²) in [6.45, 7) is 2.26. The van der Waals surface area contributed by atoms with Crippen LogP contribution < -0.4 is 10.9 Å². The first-order valence-corrected chi connectivity index (χ1v) is 7.81. The van der Waals surface area contributed by atoms with Gasteiger partial charge in [0.05, 0.1) is 5.52 Å². The number of aryl methyl sites for hydroxylation is 2. The molecule has 112 valence electrons. The van der Waals surface area contributed by atoms with E-state index in [1.54, 1.807) is 22.2 Å². The molecule has 6 heteroatoms. The van der Waals surface area contributed by atoms with Gasteiger partial charge in [-0.15, -0.1) is 11.3 Å². The van der Waals surface area contributed by atoms with Gasteiger partial charge >= 0.3 is 0 Å². The molecule has 2 heterocycles. The van der Waals surface area contributed by atoms with Crippen molar-refractivity contribution in [3.05, 3.63) is 57.8 Å². The van der Waals surface area contributed by atoms with Gasteiger partial charge in [-0.3, -0.25) is 9.59 Å². The Morgan fingerprint density at radius 1 is 1.36 bits per heavy atom. The van der Waals surface area contributed by atoms with Crippen LogP contribution in [0.5, 0.6) is 0 Å². The number of rotatable bonds is 4. The van der Waals surface area contributed by atoms with Crippen LogP contribution in [-0.4, -0.2) is 15.5 Å². The zero-order valence-electron chi connectivity index (χ0n) is 12.1. The van der Waals surface area contributed by atoms with Gasteiger partial charge in [-0.2, -0.15) is 0 Å². The topological polar surface area (TPSA) is 64.0 Å². The number of fused-ring (bicyclic) bond motifs is 1. The molecular formula is C16H15N3O2S. The van der Waals surface area contributed by atoms with Crippen LogP contribution in [0, 0.1) is 6.92 Å². The van der Waals surface area contributed by atoms with Gasteiger partial charge in [0.1, 0.15) is 0 Å². The summed E-state index contributed by atoms with van der Waals surface area (Å²) in [5.74, 6) is -0.147. The van der Waals surface area contributed by atoms with Crippen LogP contribution in [0.25, 0.3) is 10.9 Å². The van der Waals surface area contributed by atoms with Gasteiger partial charge in [0.2, 0.25) is 5.91 Å². The summed E-state index contributed by atoms with van der Waals surface area (Å²) >= 11 is 1.37. The lowest BCUT2D eigenvalue weighted by molar-refractivity contribution is -0.116. The Hall–Kier alpha value is -2.47. The second-order valence-corrected chi connectivity index (χ2v) is 5.86. The molecule has 3 aromatic rings. The van der Waals surface area contributed by atoms with Crippen molar-refractivity contribution in [1.82, 2.24) is 9.55 Å². The molecule has 1 aromatic carbocycles. The molecule has 1 N–H and O–H groups in total. The zero-order chi connectivity index (χ0) is 15.5. The Balaban J connectivity index is 1.82. The maximum atomic E-state index is 12.2. The molecule has 1 amide bonds. The molecule has 3 rings (SSSR count). The molecule has 0 spiro atoms. The van der Waals surface area contributed by atoms with E-state index in [9.17, 15) is 9.59 Å². The summed E-state index contributed by atoms with van der Waals surface area (Å²) in [7, 11) is 0. The molecular weight excluding hydrogens is 298 g/mol. The molecule has 0 bridgehead atoms. The quantitative estimate of drug-likeness (QED) is 0.805. The van der Waals surface area contributed by atoms with E-state index in [0.29, 0.717) is 11.7 Å². The normalized spacial score (nSPS) is 10.8. The van der Waals surface area contributed by atoms with Crippen LogP contribution >= 0.6 is 11.3 Å². The van der Waals surface area contributed by atoms with E-state index in [1.165, 1.54) is 11.3 Å². The number of carbonyl (C=O) groups is 1. The lowest BCUT2D eigenvalue weighted by atomic mass is 10.1. The molecule has 0 aliphatic carbocycles. The van der Waals surface area contributed by atoms with Crippen molar-refractivity contribution in [3.8, 4) is 0 Å². The Bertz CT molecular complexity index is 869. The standard InChI is InChI=1S/C16H15N3O2S/c1-11-10-15(21)19(13-5-3-2-4-12(11)13)8-6-14(20)18-16-17-7-9-22-16/h2-5,7,9-10H,6,8H2,1H3,(H,17,18,20). The number of para-hydroxylation sites is 1. The number of hydrogen-bond acceptors (Lipinski definition) is 4. The second kappa shape index (κ2) is 6.11. The molecule has 2 aromatic heterocycles. The number of amides is 1. The smallest absolute Gasteiger partial charge is 0.251 e. The predicted molar refractivity (Wildman–Crippen MR) is 88.3 cm³/mol. The van der Waals surface area contributed by atoms with Crippen LogP contribution in [-0.2, 0) is 11.3 Å². The largest absolute Gasteiger partial charge is 0.308 e. The number of carbonyl (C=O) groups excluding carboxylic acids is 1. The van der Waals surface area contributed by atoms with Crippen molar-refractivity contribution in [2.24, 2.45) is 0 Å². The molecule has 0 unspecified atom stereocenters. The number of benzene rings is 1. The van der Waals surface area contributed by atoms with Crippen molar-refractivity contribution in [2.45, 2.75) is 19.9 Å². The minimum atomic E-state index is -0.147. The van der Waals surface area contributed by atoms with Gasteiger partial charge in [-0.1, -0.05) is 18.2 Å². The van der Waals surface area contributed by atoms with Crippen LogP contribution in [0.15, 0.2) is 46.7 Å². The Kier molecular flexibility index (Phi) is 4.02. The van der Waals surface area contributed by atoms with Crippen molar-refractivity contribution < 1.29 is 4.79 Å². The highest BCUT2D eigenvalue weighted by atomic mass is 32.1. The maximum Gasteiger partial charge on any atom is 0.251 e. The van der Waals surface area contributed by atoms with E-state index < -0.39 is 0 Å². The van der Waals surface area contributed by atoms with Crippen LogP contribution in [0.4, 0.5) is 5.13 Å². The first-order chi connectivity index (χ1) is 10.6. The average molecular weight is 313 g/mol. The number of nitrogens with one attached hydrogen (secondary N) is 1. The van der Waals surface area contributed by atoms with E-state index >= 15 is 0 Å². The van der Waals surface area contributed by atoms with Gasteiger partial charge in [0, 0.05) is 36.0 Å². The third kappa shape index (κ3) is 2.92. The maximum absolute atomic E-state index is 12.2. The Morgan fingerprint density at radius 2 is 2.18 bits per heavy atom. The highest BCUT2D eigenvalue weighted by Crippen LogP contribution is 2.16. The van der Waals surface area contributed by atoms with E-state index in [1.807, 2.05) is 31.2 Å². The first-order valence-electron chi connectivity index (χ1n) is 6.93. The number of thiazole rings is 1. The van der Waals surface area contributed by atoms with Crippen molar-refractivity contribution in [1.29, 1.82) is 0 Å². The zero-order valence-corrected chi connectivity index (χ0v) is 12.9. The second-order valence-electron chi connectivity index (χ2n) is 4.97. The number of hydrogen-bond donors (Lipinski definition) is 1. The summed E-state index contributed by atoms with van der Waals surface area (Å²) in [4.78, 5) is 28.2. The fourth-order valence-corrected chi connectivity index (χ4v) is 2.96. The SMILES string of the molecule is Cc1cc(=O)n(CCC(=O)Nc2nccs2)c2ccccc12. The number of anilines is 1. The minimum absolute atomic E-state index is 0.0850. The first kappa shape index (κ1) is 14.5. The fourth-order valence-electron chi connectivity index (χ4n) is 2.41.